The van der Waals surface area contributed by atoms with Gasteiger partial charge in [0.15, 0.2) is 0 Å². The monoisotopic (exact) mass is 209 g/mol. The van der Waals surface area contributed by atoms with Gasteiger partial charge < -0.3 is 5.21 Å². The van der Waals surface area contributed by atoms with E-state index in [9.17, 15) is 9.60 Å². The highest BCUT2D eigenvalue weighted by Gasteiger charge is 2.23. The molecule has 0 amide bonds. The first-order chi connectivity index (χ1) is 7.18. The molecule has 0 spiro atoms. The highest BCUT2D eigenvalue weighted by molar-refractivity contribution is 5.29. The maximum atomic E-state index is 12.9. The van der Waals surface area contributed by atoms with E-state index in [1.54, 1.807) is 6.07 Å². The lowest BCUT2D eigenvalue weighted by Crippen LogP contribution is -2.30. The van der Waals surface area contributed by atoms with Crippen LogP contribution in [0.4, 0.5) is 4.39 Å². The molecule has 3 heteroatoms. The van der Waals surface area contributed by atoms with Crippen LogP contribution in [0.2, 0.25) is 0 Å². The summed E-state index contributed by atoms with van der Waals surface area (Å²) in [7, 11) is 0. The largest absolute Gasteiger partial charge is 0.313 e. The van der Waals surface area contributed by atoms with Crippen LogP contribution in [0.5, 0.6) is 0 Å². The number of hydrogen-bond donors (Lipinski definition) is 1. The summed E-state index contributed by atoms with van der Waals surface area (Å²) in [6, 6.07) is 4.81. The van der Waals surface area contributed by atoms with Crippen LogP contribution in [0.3, 0.4) is 0 Å². The van der Waals surface area contributed by atoms with E-state index in [0.717, 1.165) is 30.4 Å². The molecule has 1 aromatic rings. The van der Waals surface area contributed by atoms with Crippen molar-refractivity contribution in [1.82, 2.24) is 5.06 Å². The standard InChI is InChI=1S/C12H16FNO/c1-9-8-10(13)5-6-11(9)12-4-2-3-7-14(12)15/h5-6,8,12,15H,2-4,7H2,1H3. The van der Waals surface area contributed by atoms with E-state index in [-0.39, 0.29) is 11.9 Å². The summed E-state index contributed by atoms with van der Waals surface area (Å²) < 4.78 is 12.9. The zero-order valence-electron chi connectivity index (χ0n) is 8.91. The summed E-state index contributed by atoms with van der Waals surface area (Å²) in [6.07, 6.45) is 3.11. The maximum absolute atomic E-state index is 12.9. The van der Waals surface area contributed by atoms with Gasteiger partial charge in [-0.25, -0.2) is 4.39 Å². The highest BCUT2D eigenvalue weighted by Crippen LogP contribution is 2.31. The highest BCUT2D eigenvalue weighted by atomic mass is 19.1. The summed E-state index contributed by atoms with van der Waals surface area (Å²) >= 11 is 0. The molecule has 1 atom stereocenters. The molecule has 1 N–H and O–H groups in total. The van der Waals surface area contributed by atoms with Gasteiger partial charge in [0.1, 0.15) is 5.82 Å². The number of halogens is 1. The first-order valence-electron chi connectivity index (χ1n) is 5.40. The molecule has 15 heavy (non-hydrogen) atoms. The number of aryl methyl sites for hydroxylation is 1. The average molecular weight is 209 g/mol. The first-order valence-corrected chi connectivity index (χ1v) is 5.40. The molecule has 1 aliphatic rings. The average Bonchev–Trinajstić information content (AvgIpc) is 2.20. The van der Waals surface area contributed by atoms with E-state index in [1.165, 1.54) is 17.2 Å². The number of rotatable bonds is 1. The summed E-state index contributed by atoms with van der Waals surface area (Å²) in [4.78, 5) is 0. The summed E-state index contributed by atoms with van der Waals surface area (Å²) in [5, 5.41) is 11.1. The van der Waals surface area contributed by atoms with E-state index in [4.69, 9.17) is 0 Å². The second-order valence-electron chi connectivity index (χ2n) is 4.18. The van der Waals surface area contributed by atoms with Gasteiger partial charge in [0.25, 0.3) is 0 Å². The van der Waals surface area contributed by atoms with Gasteiger partial charge in [-0.15, -0.1) is 0 Å². The molecule has 2 rings (SSSR count). The maximum Gasteiger partial charge on any atom is 0.123 e. The number of hydrogen-bond acceptors (Lipinski definition) is 2. The van der Waals surface area contributed by atoms with E-state index in [1.807, 2.05) is 6.92 Å². The summed E-state index contributed by atoms with van der Waals surface area (Å²) in [5.41, 5.74) is 1.96. The van der Waals surface area contributed by atoms with Crippen LogP contribution in [-0.4, -0.2) is 16.8 Å². The van der Waals surface area contributed by atoms with Gasteiger partial charge in [0.05, 0.1) is 6.04 Å². The van der Waals surface area contributed by atoms with Crippen molar-refractivity contribution >= 4 is 0 Å². The SMILES string of the molecule is Cc1cc(F)ccc1C1CCCCN1O. The van der Waals surface area contributed by atoms with Crippen molar-refractivity contribution in [2.45, 2.75) is 32.2 Å². The number of hydroxylamine groups is 2. The fraction of sp³-hybridized carbons (Fsp3) is 0.500. The van der Waals surface area contributed by atoms with Crippen molar-refractivity contribution in [3.05, 3.63) is 35.1 Å². The Hall–Kier alpha value is -0.930. The van der Waals surface area contributed by atoms with Crippen LogP contribution in [0, 0.1) is 12.7 Å². The van der Waals surface area contributed by atoms with Crippen molar-refractivity contribution in [3.63, 3.8) is 0 Å². The Labute approximate surface area is 89.3 Å². The molecule has 1 aromatic carbocycles. The molecule has 1 unspecified atom stereocenters. The van der Waals surface area contributed by atoms with Crippen LogP contribution >= 0.6 is 0 Å². The van der Waals surface area contributed by atoms with E-state index in [2.05, 4.69) is 0 Å². The molecule has 0 bridgehead atoms. The van der Waals surface area contributed by atoms with Gasteiger partial charge in [-0.05, 0) is 43.0 Å². The van der Waals surface area contributed by atoms with Gasteiger partial charge in [-0.1, -0.05) is 12.5 Å². The lowest BCUT2D eigenvalue weighted by molar-refractivity contribution is -0.144. The molecule has 1 fully saturated rings. The molecule has 0 saturated carbocycles. The molecule has 1 saturated heterocycles. The van der Waals surface area contributed by atoms with E-state index >= 15 is 0 Å². The third-order valence-corrected chi connectivity index (χ3v) is 3.07. The molecular weight excluding hydrogens is 193 g/mol. The quantitative estimate of drug-likeness (QED) is 0.768. The fourth-order valence-corrected chi connectivity index (χ4v) is 2.25. The minimum atomic E-state index is -0.212. The molecule has 82 valence electrons. The molecule has 0 radical (unpaired) electrons. The first kappa shape index (κ1) is 10.6. The molecular formula is C12H16FNO. The molecule has 1 aliphatic heterocycles. The van der Waals surface area contributed by atoms with Gasteiger partial charge >= 0.3 is 0 Å². The Morgan fingerprint density at radius 3 is 2.87 bits per heavy atom. The second kappa shape index (κ2) is 4.29. The van der Waals surface area contributed by atoms with Gasteiger partial charge in [-0.2, -0.15) is 5.06 Å². The third-order valence-electron chi connectivity index (χ3n) is 3.07. The third kappa shape index (κ3) is 2.19. The lowest BCUT2D eigenvalue weighted by atomic mass is 9.94. The summed E-state index contributed by atoms with van der Waals surface area (Å²) in [6.45, 7) is 2.60. The Balaban J connectivity index is 2.27. The van der Waals surface area contributed by atoms with Crippen LogP contribution in [0.1, 0.15) is 36.4 Å². The molecule has 1 heterocycles. The van der Waals surface area contributed by atoms with E-state index < -0.39 is 0 Å². The number of benzene rings is 1. The smallest absolute Gasteiger partial charge is 0.123 e. The molecule has 0 aliphatic carbocycles. The Bertz CT molecular complexity index is 353. The zero-order valence-corrected chi connectivity index (χ0v) is 8.91. The van der Waals surface area contributed by atoms with Crippen molar-refractivity contribution in [3.8, 4) is 0 Å². The topological polar surface area (TPSA) is 23.5 Å². The normalized spacial score (nSPS) is 23.0. The second-order valence-corrected chi connectivity index (χ2v) is 4.18. The number of piperidine rings is 1. The van der Waals surface area contributed by atoms with Gasteiger partial charge in [-0.3, -0.25) is 0 Å². The minimum Gasteiger partial charge on any atom is -0.313 e. The zero-order chi connectivity index (χ0) is 10.8. The van der Waals surface area contributed by atoms with Crippen molar-refractivity contribution < 1.29 is 9.60 Å². The van der Waals surface area contributed by atoms with Crippen LogP contribution < -0.4 is 0 Å². The van der Waals surface area contributed by atoms with Crippen molar-refractivity contribution in [2.75, 3.05) is 6.54 Å². The minimum absolute atomic E-state index is 0.0411. The Kier molecular flexibility index (Phi) is 3.03. The Morgan fingerprint density at radius 1 is 1.40 bits per heavy atom. The Morgan fingerprint density at radius 2 is 2.20 bits per heavy atom. The van der Waals surface area contributed by atoms with E-state index in [0.29, 0.717) is 6.54 Å². The van der Waals surface area contributed by atoms with Crippen LogP contribution in [0.25, 0.3) is 0 Å². The molecule has 0 aromatic heterocycles. The predicted octanol–water partition coefficient (Wildman–Crippen LogP) is 3.05. The predicted molar refractivity (Wildman–Crippen MR) is 56.2 cm³/mol. The van der Waals surface area contributed by atoms with Crippen LogP contribution in [0.15, 0.2) is 18.2 Å². The molecule has 2 nitrogen and oxygen atoms in total. The van der Waals surface area contributed by atoms with Gasteiger partial charge in [0.2, 0.25) is 0 Å². The fourth-order valence-electron chi connectivity index (χ4n) is 2.25. The van der Waals surface area contributed by atoms with Gasteiger partial charge in [0, 0.05) is 6.54 Å². The van der Waals surface area contributed by atoms with Crippen LogP contribution in [-0.2, 0) is 0 Å². The summed E-state index contributed by atoms with van der Waals surface area (Å²) in [5.74, 6) is -0.212. The van der Waals surface area contributed by atoms with Crippen molar-refractivity contribution in [1.29, 1.82) is 0 Å². The lowest BCUT2D eigenvalue weighted by Gasteiger charge is -2.31. The van der Waals surface area contributed by atoms with Crippen molar-refractivity contribution in [2.24, 2.45) is 0 Å². The number of nitrogens with zero attached hydrogens (tertiary/aromatic N) is 1.